The maximum atomic E-state index is 11.4. The molecule has 0 amide bonds. The fraction of sp³-hybridized carbons (Fsp3) is 0.650. The third-order valence-corrected chi connectivity index (χ3v) is 6.60. The number of carboxylic acid groups (broad SMARTS) is 1. The normalized spacial score (nSPS) is 30.9. The SMILES string of the molecule is Cc1c(C(=O)O)cc(Cl)c2c1OC(C)(C1CCC(NC3CCC3)CC1)O2. The quantitative estimate of drug-likeness (QED) is 0.804. The zero-order valence-corrected chi connectivity index (χ0v) is 16.1. The number of halogens is 1. The molecule has 1 atom stereocenters. The maximum Gasteiger partial charge on any atom is 0.336 e. The molecule has 0 spiro atoms. The van der Waals surface area contributed by atoms with E-state index in [9.17, 15) is 9.90 Å². The van der Waals surface area contributed by atoms with Gasteiger partial charge in [-0.3, -0.25) is 0 Å². The molecule has 1 aliphatic heterocycles. The third-order valence-electron chi connectivity index (χ3n) is 6.32. The Labute approximate surface area is 159 Å². The van der Waals surface area contributed by atoms with Gasteiger partial charge in [0.2, 0.25) is 0 Å². The number of benzene rings is 1. The van der Waals surface area contributed by atoms with Crippen LogP contribution in [0.15, 0.2) is 6.07 Å². The summed E-state index contributed by atoms with van der Waals surface area (Å²) in [5.41, 5.74) is 0.732. The van der Waals surface area contributed by atoms with E-state index in [-0.39, 0.29) is 11.5 Å². The first-order valence-electron chi connectivity index (χ1n) is 9.58. The lowest BCUT2D eigenvalue weighted by atomic mass is 9.80. The first-order valence-corrected chi connectivity index (χ1v) is 9.95. The molecule has 2 fully saturated rings. The van der Waals surface area contributed by atoms with Crippen LogP contribution in [0, 0.1) is 12.8 Å². The number of ether oxygens (including phenoxy) is 2. The molecule has 2 N–H and O–H groups in total. The molecule has 3 aliphatic rings. The lowest BCUT2D eigenvalue weighted by Gasteiger charge is -2.39. The van der Waals surface area contributed by atoms with Crippen molar-refractivity contribution < 1.29 is 19.4 Å². The van der Waals surface area contributed by atoms with Crippen LogP contribution in [0.3, 0.4) is 0 Å². The number of aromatic carboxylic acids is 1. The number of hydrogen-bond donors (Lipinski definition) is 2. The van der Waals surface area contributed by atoms with E-state index in [1.165, 1.54) is 25.3 Å². The van der Waals surface area contributed by atoms with Crippen molar-refractivity contribution in [1.29, 1.82) is 0 Å². The summed E-state index contributed by atoms with van der Waals surface area (Å²) in [5.74, 6) is -0.571. The van der Waals surface area contributed by atoms with Crippen LogP contribution in [0.1, 0.15) is 67.8 Å². The van der Waals surface area contributed by atoms with Gasteiger partial charge in [0.15, 0.2) is 11.5 Å². The van der Waals surface area contributed by atoms with E-state index < -0.39 is 11.8 Å². The van der Waals surface area contributed by atoms with Crippen LogP contribution in [0.5, 0.6) is 11.5 Å². The summed E-state index contributed by atoms with van der Waals surface area (Å²) < 4.78 is 12.4. The van der Waals surface area contributed by atoms with E-state index >= 15 is 0 Å². The molecule has 142 valence electrons. The molecule has 1 aromatic rings. The number of carbonyl (C=O) groups is 1. The highest BCUT2D eigenvalue weighted by atomic mass is 35.5. The molecule has 0 saturated heterocycles. The minimum atomic E-state index is -1.01. The summed E-state index contributed by atoms with van der Waals surface area (Å²) in [6.07, 6.45) is 8.25. The average Bonchev–Trinajstić information content (AvgIpc) is 2.94. The second kappa shape index (κ2) is 6.61. The summed E-state index contributed by atoms with van der Waals surface area (Å²) in [5, 5.41) is 13.4. The molecule has 6 heteroatoms. The van der Waals surface area contributed by atoms with E-state index in [0.717, 1.165) is 25.7 Å². The second-order valence-electron chi connectivity index (χ2n) is 8.06. The fourth-order valence-corrected chi connectivity index (χ4v) is 4.66. The van der Waals surface area contributed by atoms with Crippen LogP contribution in [0.25, 0.3) is 0 Å². The first kappa shape index (κ1) is 17.9. The van der Waals surface area contributed by atoms with Gasteiger partial charge in [0.05, 0.1) is 10.6 Å². The predicted molar refractivity (Wildman–Crippen MR) is 99.3 cm³/mol. The Balaban J connectivity index is 1.47. The van der Waals surface area contributed by atoms with Crippen molar-refractivity contribution >= 4 is 17.6 Å². The van der Waals surface area contributed by atoms with E-state index in [1.807, 2.05) is 6.92 Å². The van der Waals surface area contributed by atoms with Gasteiger partial charge in [0, 0.05) is 30.5 Å². The van der Waals surface area contributed by atoms with Crippen LogP contribution in [0.2, 0.25) is 5.02 Å². The van der Waals surface area contributed by atoms with Gasteiger partial charge in [-0.2, -0.15) is 0 Å². The Morgan fingerprint density at radius 2 is 1.77 bits per heavy atom. The van der Waals surface area contributed by atoms with Crippen molar-refractivity contribution in [1.82, 2.24) is 5.32 Å². The molecule has 5 nitrogen and oxygen atoms in total. The summed E-state index contributed by atoms with van der Waals surface area (Å²) in [6, 6.07) is 2.76. The highest BCUT2D eigenvalue weighted by Crippen LogP contribution is 2.51. The molecule has 4 rings (SSSR count). The van der Waals surface area contributed by atoms with Crippen molar-refractivity contribution in [3.63, 3.8) is 0 Å². The fourth-order valence-electron chi connectivity index (χ4n) is 4.43. The van der Waals surface area contributed by atoms with Crippen molar-refractivity contribution in [3.8, 4) is 11.5 Å². The molecule has 2 saturated carbocycles. The zero-order valence-electron chi connectivity index (χ0n) is 15.3. The summed E-state index contributed by atoms with van der Waals surface area (Å²) in [7, 11) is 0. The molecular formula is C20H26ClNO4. The van der Waals surface area contributed by atoms with Crippen molar-refractivity contribution in [3.05, 3.63) is 22.2 Å². The van der Waals surface area contributed by atoms with Gasteiger partial charge >= 0.3 is 5.97 Å². The molecular weight excluding hydrogens is 354 g/mol. The summed E-state index contributed by atoms with van der Waals surface area (Å²) >= 11 is 6.28. The number of hydrogen-bond acceptors (Lipinski definition) is 4. The van der Waals surface area contributed by atoms with Crippen LogP contribution < -0.4 is 14.8 Å². The van der Waals surface area contributed by atoms with Crippen molar-refractivity contribution in [2.75, 3.05) is 0 Å². The monoisotopic (exact) mass is 379 g/mol. The highest BCUT2D eigenvalue weighted by Gasteiger charge is 2.47. The summed E-state index contributed by atoms with van der Waals surface area (Å²) in [6.45, 7) is 3.70. The van der Waals surface area contributed by atoms with Gasteiger partial charge in [-0.15, -0.1) is 0 Å². The van der Waals surface area contributed by atoms with Gasteiger partial charge in [-0.1, -0.05) is 18.0 Å². The molecule has 26 heavy (non-hydrogen) atoms. The van der Waals surface area contributed by atoms with Crippen LogP contribution in [-0.4, -0.2) is 28.9 Å². The Bertz CT molecular complexity index is 725. The predicted octanol–water partition coefficient (Wildman–Crippen LogP) is 4.53. The molecule has 0 radical (unpaired) electrons. The van der Waals surface area contributed by atoms with Gasteiger partial charge < -0.3 is 19.9 Å². The highest BCUT2D eigenvalue weighted by molar-refractivity contribution is 6.32. The Kier molecular flexibility index (Phi) is 4.56. The van der Waals surface area contributed by atoms with Crippen LogP contribution in [0.4, 0.5) is 0 Å². The van der Waals surface area contributed by atoms with Gasteiger partial charge in [-0.05, 0) is 51.5 Å². The number of nitrogens with one attached hydrogen (secondary N) is 1. The molecule has 1 heterocycles. The third kappa shape index (κ3) is 3.05. The Morgan fingerprint density at radius 3 is 2.35 bits per heavy atom. The summed E-state index contributed by atoms with van der Waals surface area (Å²) in [4.78, 5) is 11.4. The molecule has 0 aromatic heterocycles. The molecule has 1 aromatic carbocycles. The van der Waals surface area contributed by atoms with E-state index in [0.29, 0.717) is 34.2 Å². The van der Waals surface area contributed by atoms with E-state index in [1.54, 1.807) is 6.92 Å². The largest absolute Gasteiger partial charge is 0.478 e. The van der Waals surface area contributed by atoms with Crippen molar-refractivity contribution in [2.45, 2.75) is 76.7 Å². The van der Waals surface area contributed by atoms with Gasteiger partial charge in [-0.25, -0.2) is 4.79 Å². The van der Waals surface area contributed by atoms with Crippen LogP contribution in [-0.2, 0) is 0 Å². The molecule has 1 unspecified atom stereocenters. The molecule has 0 bridgehead atoms. The first-order chi connectivity index (χ1) is 12.4. The van der Waals surface area contributed by atoms with Crippen molar-refractivity contribution in [2.24, 2.45) is 5.92 Å². The number of fused-ring (bicyclic) bond motifs is 1. The zero-order chi connectivity index (χ0) is 18.5. The average molecular weight is 380 g/mol. The minimum Gasteiger partial charge on any atom is -0.478 e. The smallest absolute Gasteiger partial charge is 0.336 e. The lowest BCUT2D eigenvalue weighted by Crippen LogP contribution is -2.49. The maximum absolute atomic E-state index is 11.4. The van der Waals surface area contributed by atoms with Gasteiger partial charge in [0.1, 0.15) is 0 Å². The van der Waals surface area contributed by atoms with Gasteiger partial charge in [0.25, 0.3) is 5.79 Å². The lowest BCUT2D eigenvalue weighted by molar-refractivity contribution is -0.121. The van der Waals surface area contributed by atoms with E-state index in [2.05, 4.69) is 5.32 Å². The Morgan fingerprint density at radius 1 is 1.15 bits per heavy atom. The number of carboxylic acids is 1. The minimum absolute atomic E-state index is 0.162. The molecule has 2 aliphatic carbocycles. The Hall–Kier alpha value is -1.46. The number of rotatable bonds is 4. The van der Waals surface area contributed by atoms with Crippen LogP contribution >= 0.6 is 11.6 Å². The van der Waals surface area contributed by atoms with E-state index in [4.69, 9.17) is 21.1 Å². The second-order valence-corrected chi connectivity index (χ2v) is 8.46. The standard InChI is InChI=1S/C20H26ClNO4/c1-11-15(19(23)24)10-16(21)18-17(11)25-20(2,26-18)12-6-8-14(9-7-12)22-13-4-3-5-13/h10,12-14,22H,3-9H2,1-2H3,(H,23,24). The topological polar surface area (TPSA) is 67.8 Å².